The van der Waals surface area contributed by atoms with Crippen LogP contribution in [0.25, 0.3) is 0 Å². The second kappa shape index (κ2) is 4.45. The van der Waals surface area contributed by atoms with Gasteiger partial charge in [0.05, 0.1) is 5.02 Å². The van der Waals surface area contributed by atoms with Gasteiger partial charge >= 0.3 is 0 Å². The van der Waals surface area contributed by atoms with E-state index in [1.807, 2.05) is 11.4 Å². The summed E-state index contributed by atoms with van der Waals surface area (Å²) in [5.41, 5.74) is 0.348. The van der Waals surface area contributed by atoms with Crippen molar-refractivity contribution in [2.75, 3.05) is 6.54 Å². The summed E-state index contributed by atoms with van der Waals surface area (Å²) in [4.78, 5) is 1.30. The lowest BCUT2D eigenvalue weighted by Gasteiger charge is -2.18. The summed E-state index contributed by atoms with van der Waals surface area (Å²) in [5.74, 6) is 0. The molecule has 3 heteroatoms. The number of nitrogens with one attached hydrogen (secondary N) is 1. The van der Waals surface area contributed by atoms with Gasteiger partial charge in [0.15, 0.2) is 0 Å². The Morgan fingerprint density at radius 2 is 2.15 bits per heavy atom. The van der Waals surface area contributed by atoms with E-state index in [9.17, 15) is 0 Å². The molecule has 0 unspecified atom stereocenters. The Bertz CT molecular complexity index is 262. The molecule has 1 aromatic heterocycles. The van der Waals surface area contributed by atoms with E-state index in [0.29, 0.717) is 5.41 Å². The number of hydrogen-bond donors (Lipinski definition) is 1. The van der Waals surface area contributed by atoms with Gasteiger partial charge in [0.2, 0.25) is 0 Å². The molecule has 1 aromatic rings. The molecule has 0 aliphatic heterocycles. The molecular formula is C10H16ClNS. The molecule has 0 amide bonds. The minimum atomic E-state index is 0.348. The first-order valence-corrected chi connectivity index (χ1v) is 5.67. The standard InChI is InChI=1S/C10H16ClNS/c1-10(2,3)7-12-5-9-4-8(11)6-13-9/h4,6,12H,5,7H2,1-3H3. The number of rotatable bonds is 3. The Morgan fingerprint density at radius 3 is 2.62 bits per heavy atom. The second-order valence-corrected chi connectivity index (χ2v) is 5.83. The quantitative estimate of drug-likeness (QED) is 0.817. The van der Waals surface area contributed by atoms with Gasteiger partial charge in [-0.3, -0.25) is 0 Å². The molecule has 0 fully saturated rings. The zero-order chi connectivity index (χ0) is 9.90. The van der Waals surface area contributed by atoms with Crippen LogP contribution in [-0.2, 0) is 6.54 Å². The van der Waals surface area contributed by atoms with Crippen LogP contribution < -0.4 is 5.32 Å². The highest BCUT2D eigenvalue weighted by Gasteiger charge is 2.08. The fourth-order valence-electron chi connectivity index (χ4n) is 1.01. The van der Waals surface area contributed by atoms with Gasteiger partial charge in [-0.05, 0) is 11.5 Å². The van der Waals surface area contributed by atoms with Crippen molar-refractivity contribution in [2.45, 2.75) is 27.3 Å². The van der Waals surface area contributed by atoms with Crippen LogP contribution in [-0.4, -0.2) is 6.54 Å². The highest BCUT2D eigenvalue weighted by Crippen LogP contribution is 2.19. The predicted octanol–water partition coefficient (Wildman–Crippen LogP) is 3.54. The van der Waals surface area contributed by atoms with Gasteiger partial charge in [-0.1, -0.05) is 32.4 Å². The third kappa shape index (κ3) is 4.65. The van der Waals surface area contributed by atoms with Crippen LogP contribution in [0.15, 0.2) is 11.4 Å². The fourth-order valence-corrected chi connectivity index (χ4v) is 2.05. The number of hydrogen-bond acceptors (Lipinski definition) is 2. The van der Waals surface area contributed by atoms with Gasteiger partial charge in [-0.25, -0.2) is 0 Å². The molecule has 0 radical (unpaired) electrons. The SMILES string of the molecule is CC(C)(C)CNCc1cc(Cl)cs1. The Kier molecular flexibility index (Phi) is 3.77. The molecule has 1 nitrogen and oxygen atoms in total. The first-order valence-electron chi connectivity index (χ1n) is 4.41. The summed E-state index contributed by atoms with van der Waals surface area (Å²) < 4.78 is 0. The maximum atomic E-state index is 5.81. The van der Waals surface area contributed by atoms with Crippen LogP contribution in [0.4, 0.5) is 0 Å². The van der Waals surface area contributed by atoms with E-state index in [1.54, 1.807) is 11.3 Å². The van der Waals surface area contributed by atoms with Gasteiger partial charge in [-0.2, -0.15) is 0 Å². The van der Waals surface area contributed by atoms with Crippen molar-refractivity contribution in [1.82, 2.24) is 5.32 Å². The van der Waals surface area contributed by atoms with Crippen molar-refractivity contribution in [3.8, 4) is 0 Å². The average Bonchev–Trinajstić information content (AvgIpc) is 2.33. The van der Waals surface area contributed by atoms with Crippen LogP contribution in [0.5, 0.6) is 0 Å². The van der Waals surface area contributed by atoms with Gasteiger partial charge in [-0.15, -0.1) is 11.3 Å². The van der Waals surface area contributed by atoms with Gasteiger partial charge in [0.25, 0.3) is 0 Å². The molecule has 74 valence electrons. The topological polar surface area (TPSA) is 12.0 Å². The van der Waals surface area contributed by atoms with Crippen molar-refractivity contribution in [3.63, 3.8) is 0 Å². The minimum absolute atomic E-state index is 0.348. The molecule has 13 heavy (non-hydrogen) atoms. The third-order valence-corrected chi connectivity index (χ3v) is 2.86. The smallest absolute Gasteiger partial charge is 0.0516 e. The van der Waals surface area contributed by atoms with E-state index in [2.05, 4.69) is 26.1 Å². The first kappa shape index (κ1) is 11.0. The van der Waals surface area contributed by atoms with E-state index in [-0.39, 0.29) is 0 Å². The summed E-state index contributed by atoms with van der Waals surface area (Å²) in [6.07, 6.45) is 0. The van der Waals surface area contributed by atoms with Crippen molar-refractivity contribution in [3.05, 3.63) is 21.3 Å². The van der Waals surface area contributed by atoms with E-state index >= 15 is 0 Å². The summed E-state index contributed by atoms with van der Waals surface area (Å²) >= 11 is 7.52. The fraction of sp³-hybridized carbons (Fsp3) is 0.600. The number of halogens is 1. The Hall–Kier alpha value is -0.0500. The lowest BCUT2D eigenvalue weighted by atomic mass is 9.97. The summed E-state index contributed by atoms with van der Waals surface area (Å²) in [6, 6.07) is 2.02. The zero-order valence-electron chi connectivity index (χ0n) is 8.36. The van der Waals surface area contributed by atoms with Gasteiger partial charge in [0, 0.05) is 23.3 Å². The summed E-state index contributed by atoms with van der Waals surface area (Å²) in [7, 11) is 0. The Balaban J connectivity index is 2.28. The maximum Gasteiger partial charge on any atom is 0.0516 e. The molecular weight excluding hydrogens is 202 g/mol. The molecule has 0 saturated carbocycles. The highest BCUT2D eigenvalue weighted by molar-refractivity contribution is 7.10. The molecule has 0 saturated heterocycles. The molecule has 1 N–H and O–H groups in total. The summed E-state index contributed by atoms with van der Waals surface area (Å²) in [6.45, 7) is 8.63. The molecule has 0 aliphatic rings. The molecule has 0 aliphatic carbocycles. The first-order chi connectivity index (χ1) is 5.97. The Morgan fingerprint density at radius 1 is 1.46 bits per heavy atom. The third-order valence-electron chi connectivity index (χ3n) is 1.58. The zero-order valence-corrected chi connectivity index (χ0v) is 9.93. The van der Waals surface area contributed by atoms with Gasteiger partial charge in [0.1, 0.15) is 0 Å². The minimum Gasteiger partial charge on any atom is -0.311 e. The average molecular weight is 218 g/mol. The van der Waals surface area contributed by atoms with Crippen LogP contribution in [0, 0.1) is 5.41 Å². The molecule has 0 atom stereocenters. The molecule has 1 rings (SSSR count). The van der Waals surface area contributed by atoms with Crippen LogP contribution in [0.3, 0.4) is 0 Å². The molecule has 0 aromatic carbocycles. The Labute approximate surface area is 89.1 Å². The van der Waals surface area contributed by atoms with Crippen molar-refractivity contribution in [2.24, 2.45) is 5.41 Å². The maximum absolute atomic E-state index is 5.81. The lowest BCUT2D eigenvalue weighted by molar-refractivity contribution is 0.380. The monoisotopic (exact) mass is 217 g/mol. The predicted molar refractivity (Wildman–Crippen MR) is 60.5 cm³/mol. The van der Waals surface area contributed by atoms with E-state index in [1.165, 1.54) is 4.88 Å². The number of thiophene rings is 1. The van der Waals surface area contributed by atoms with Crippen molar-refractivity contribution >= 4 is 22.9 Å². The highest BCUT2D eigenvalue weighted by atomic mass is 35.5. The van der Waals surface area contributed by atoms with Crippen molar-refractivity contribution < 1.29 is 0 Å². The summed E-state index contributed by atoms with van der Waals surface area (Å²) in [5, 5.41) is 6.22. The molecule has 1 heterocycles. The van der Waals surface area contributed by atoms with Crippen LogP contribution in [0.2, 0.25) is 5.02 Å². The van der Waals surface area contributed by atoms with E-state index in [0.717, 1.165) is 18.1 Å². The van der Waals surface area contributed by atoms with Gasteiger partial charge < -0.3 is 5.32 Å². The van der Waals surface area contributed by atoms with Crippen LogP contribution >= 0.6 is 22.9 Å². The molecule has 0 bridgehead atoms. The second-order valence-electron chi connectivity index (χ2n) is 4.40. The van der Waals surface area contributed by atoms with E-state index in [4.69, 9.17) is 11.6 Å². The molecule has 0 spiro atoms. The lowest BCUT2D eigenvalue weighted by Crippen LogP contribution is -2.26. The van der Waals surface area contributed by atoms with Crippen LogP contribution in [0.1, 0.15) is 25.6 Å². The largest absolute Gasteiger partial charge is 0.311 e. The van der Waals surface area contributed by atoms with Crippen molar-refractivity contribution in [1.29, 1.82) is 0 Å². The normalized spacial score (nSPS) is 12.0. The van der Waals surface area contributed by atoms with E-state index < -0.39 is 0 Å².